The van der Waals surface area contributed by atoms with Crippen molar-refractivity contribution in [2.45, 2.75) is 17.2 Å². The van der Waals surface area contributed by atoms with Gasteiger partial charge in [-0.2, -0.15) is 0 Å². The van der Waals surface area contributed by atoms with Crippen LogP contribution in [0.3, 0.4) is 0 Å². The van der Waals surface area contributed by atoms with Gasteiger partial charge in [-0.3, -0.25) is 9.59 Å². The zero-order valence-corrected chi connectivity index (χ0v) is 14.7. The third-order valence-electron chi connectivity index (χ3n) is 3.84. The summed E-state index contributed by atoms with van der Waals surface area (Å²) in [7, 11) is -3.86. The van der Waals surface area contributed by atoms with Gasteiger partial charge in [0.15, 0.2) is 0 Å². The summed E-state index contributed by atoms with van der Waals surface area (Å²) in [5, 5.41) is 5.09. The number of imide groups is 1. The van der Waals surface area contributed by atoms with E-state index in [9.17, 15) is 18.0 Å². The van der Waals surface area contributed by atoms with Crippen molar-refractivity contribution in [2.75, 3.05) is 4.90 Å². The fourth-order valence-electron chi connectivity index (χ4n) is 2.68. The van der Waals surface area contributed by atoms with Crippen molar-refractivity contribution in [3.63, 3.8) is 0 Å². The zero-order chi connectivity index (χ0) is 17.5. The number of sulfonamides is 1. The molecule has 2 aromatic carbocycles. The molecule has 1 heterocycles. The van der Waals surface area contributed by atoms with E-state index in [0.717, 1.165) is 10.5 Å². The fraction of sp³-hybridized carbons (Fsp3) is 0.125. The monoisotopic (exact) mass is 408 g/mol. The Morgan fingerprint density at radius 1 is 1.08 bits per heavy atom. The van der Waals surface area contributed by atoms with Crippen LogP contribution >= 0.6 is 15.9 Å². The van der Waals surface area contributed by atoms with Crippen LogP contribution < -0.4 is 10.0 Å². The largest absolute Gasteiger partial charge is 0.274 e. The van der Waals surface area contributed by atoms with E-state index in [2.05, 4.69) is 15.9 Å². The first kappa shape index (κ1) is 16.8. The number of halogens is 1. The average Bonchev–Trinajstić information content (AvgIpc) is 2.82. The van der Waals surface area contributed by atoms with Crippen LogP contribution in [0.5, 0.6) is 0 Å². The highest BCUT2D eigenvalue weighted by Gasteiger charge is 2.41. The third kappa shape index (κ3) is 3.00. The smallest absolute Gasteiger partial charge is 0.241 e. The number of amides is 2. The number of benzene rings is 2. The molecule has 2 N–H and O–H groups in total. The molecule has 0 aliphatic carbocycles. The van der Waals surface area contributed by atoms with Gasteiger partial charge in [-0.1, -0.05) is 30.3 Å². The Labute approximate surface area is 147 Å². The molecule has 1 aliphatic heterocycles. The van der Waals surface area contributed by atoms with Gasteiger partial charge in [-0.25, -0.2) is 18.5 Å². The van der Waals surface area contributed by atoms with Gasteiger partial charge in [0.2, 0.25) is 21.8 Å². The lowest BCUT2D eigenvalue weighted by Crippen LogP contribution is -2.30. The maximum atomic E-state index is 12.7. The molecule has 0 spiro atoms. The Bertz CT molecular complexity index is 928. The molecule has 8 heteroatoms. The van der Waals surface area contributed by atoms with E-state index in [-0.39, 0.29) is 23.1 Å². The molecule has 1 fully saturated rings. The molecule has 2 aromatic rings. The molecule has 0 aromatic heterocycles. The first-order chi connectivity index (χ1) is 11.3. The minimum atomic E-state index is -3.86. The van der Waals surface area contributed by atoms with E-state index in [1.54, 1.807) is 12.1 Å². The predicted octanol–water partition coefficient (Wildman–Crippen LogP) is 2.14. The quantitative estimate of drug-likeness (QED) is 0.786. The Kier molecular flexibility index (Phi) is 4.29. The van der Waals surface area contributed by atoms with E-state index in [0.29, 0.717) is 10.2 Å². The van der Waals surface area contributed by atoms with Crippen molar-refractivity contribution in [1.82, 2.24) is 0 Å². The summed E-state index contributed by atoms with van der Waals surface area (Å²) in [5.41, 5.74) is 1.08. The number of anilines is 1. The second-order valence-corrected chi connectivity index (χ2v) is 7.81. The number of carbonyl (C=O) groups excluding carboxylic acids is 2. The van der Waals surface area contributed by atoms with Crippen LogP contribution in [0, 0.1) is 0 Å². The molecule has 6 nitrogen and oxygen atoms in total. The van der Waals surface area contributed by atoms with Crippen molar-refractivity contribution in [3.8, 4) is 0 Å². The van der Waals surface area contributed by atoms with E-state index >= 15 is 0 Å². The molecule has 1 atom stereocenters. The molecular formula is C16H13BrN2O4S. The number of hydrogen-bond acceptors (Lipinski definition) is 4. The van der Waals surface area contributed by atoms with Crippen molar-refractivity contribution in [1.29, 1.82) is 0 Å². The average molecular weight is 409 g/mol. The number of rotatable bonds is 3. The molecular weight excluding hydrogens is 396 g/mol. The van der Waals surface area contributed by atoms with Gasteiger partial charge in [0.05, 0.1) is 16.5 Å². The van der Waals surface area contributed by atoms with Gasteiger partial charge in [0, 0.05) is 10.9 Å². The second kappa shape index (κ2) is 6.12. The number of nitrogens with two attached hydrogens (primary N) is 1. The van der Waals surface area contributed by atoms with Crippen LogP contribution in [0.2, 0.25) is 0 Å². The van der Waals surface area contributed by atoms with Gasteiger partial charge < -0.3 is 0 Å². The van der Waals surface area contributed by atoms with Crippen molar-refractivity contribution in [2.24, 2.45) is 5.14 Å². The Hall–Kier alpha value is -2.03. The highest BCUT2D eigenvalue weighted by atomic mass is 79.9. The lowest BCUT2D eigenvalue weighted by atomic mass is 9.98. The Morgan fingerprint density at radius 3 is 2.33 bits per heavy atom. The molecule has 0 bridgehead atoms. The summed E-state index contributed by atoms with van der Waals surface area (Å²) < 4.78 is 23.1. The van der Waals surface area contributed by atoms with Gasteiger partial charge in [0.25, 0.3) is 0 Å². The van der Waals surface area contributed by atoms with Gasteiger partial charge in [-0.05, 0) is 39.7 Å². The van der Waals surface area contributed by atoms with Gasteiger partial charge >= 0.3 is 0 Å². The summed E-state index contributed by atoms with van der Waals surface area (Å²) in [4.78, 5) is 26.0. The molecule has 124 valence electrons. The molecule has 1 unspecified atom stereocenters. The third-order valence-corrected chi connectivity index (χ3v) is 5.38. The maximum absolute atomic E-state index is 12.7. The minimum Gasteiger partial charge on any atom is -0.274 e. The standard InChI is InChI=1S/C16H13BrN2O4S/c17-13-8-11(24(18,22)23)6-7-14(13)19-15(20)9-12(16(19)21)10-4-2-1-3-5-10/h1-8,12H,9H2,(H2,18,22,23). The highest BCUT2D eigenvalue weighted by Crippen LogP contribution is 2.37. The summed E-state index contributed by atoms with van der Waals surface area (Å²) >= 11 is 3.21. The van der Waals surface area contributed by atoms with Crippen LogP contribution in [0.25, 0.3) is 0 Å². The van der Waals surface area contributed by atoms with Crippen LogP contribution in [-0.2, 0) is 19.6 Å². The number of hydrogen-bond donors (Lipinski definition) is 1. The van der Waals surface area contributed by atoms with E-state index in [1.165, 1.54) is 18.2 Å². The maximum Gasteiger partial charge on any atom is 0.241 e. The molecule has 0 radical (unpaired) electrons. The van der Waals surface area contributed by atoms with Crippen LogP contribution in [0.1, 0.15) is 17.9 Å². The fourth-order valence-corrected chi connectivity index (χ4v) is 3.92. The summed E-state index contributed by atoms with van der Waals surface area (Å²) in [5.74, 6) is -1.21. The number of primary sulfonamides is 1. The normalized spacial score (nSPS) is 18.2. The first-order valence-corrected chi connectivity index (χ1v) is 9.37. The highest BCUT2D eigenvalue weighted by molar-refractivity contribution is 9.10. The summed E-state index contributed by atoms with van der Waals surface area (Å²) in [6.45, 7) is 0. The topological polar surface area (TPSA) is 97.5 Å². The van der Waals surface area contributed by atoms with Crippen LogP contribution in [-0.4, -0.2) is 20.2 Å². The van der Waals surface area contributed by atoms with E-state index in [1.807, 2.05) is 18.2 Å². The van der Waals surface area contributed by atoms with E-state index < -0.39 is 15.9 Å². The lowest BCUT2D eigenvalue weighted by Gasteiger charge is -2.17. The lowest BCUT2D eigenvalue weighted by molar-refractivity contribution is -0.121. The van der Waals surface area contributed by atoms with Crippen molar-refractivity contribution >= 4 is 43.5 Å². The Balaban J connectivity index is 1.98. The predicted molar refractivity (Wildman–Crippen MR) is 91.8 cm³/mol. The molecule has 1 aliphatic rings. The molecule has 1 saturated heterocycles. The first-order valence-electron chi connectivity index (χ1n) is 7.03. The van der Waals surface area contributed by atoms with Crippen molar-refractivity contribution in [3.05, 3.63) is 58.6 Å². The molecule has 24 heavy (non-hydrogen) atoms. The van der Waals surface area contributed by atoms with Gasteiger partial charge in [0.1, 0.15) is 0 Å². The van der Waals surface area contributed by atoms with Crippen LogP contribution in [0.4, 0.5) is 5.69 Å². The number of carbonyl (C=O) groups is 2. The number of nitrogens with zero attached hydrogens (tertiary/aromatic N) is 1. The summed E-state index contributed by atoms with van der Waals surface area (Å²) in [6, 6.07) is 13.0. The van der Waals surface area contributed by atoms with E-state index in [4.69, 9.17) is 5.14 Å². The van der Waals surface area contributed by atoms with Gasteiger partial charge in [-0.15, -0.1) is 0 Å². The molecule has 3 rings (SSSR count). The van der Waals surface area contributed by atoms with Crippen LogP contribution in [0.15, 0.2) is 57.9 Å². The Morgan fingerprint density at radius 2 is 1.75 bits per heavy atom. The van der Waals surface area contributed by atoms with Crippen molar-refractivity contribution < 1.29 is 18.0 Å². The minimum absolute atomic E-state index is 0.0756. The second-order valence-electron chi connectivity index (χ2n) is 5.39. The molecule has 2 amide bonds. The zero-order valence-electron chi connectivity index (χ0n) is 12.3. The summed E-state index contributed by atoms with van der Waals surface area (Å²) in [6.07, 6.45) is 0.0756. The SMILES string of the molecule is NS(=O)(=O)c1ccc(N2C(=O)CC(c3ccccc3)C2=O)c(Br)c1. The molecule has 0 saturated carbocycles.